The first-order valence-corrected chi connectivity index (χ1v) is 12.3. The van der Waals surface area contributed by atoms with Crippen molar-refractivity contribution in [2.24, 2.45) is 23.7 Å². The fraction of sp³-hybridized carbons (Fsp3) is 0.586. The molecule has 1 nitrogen and oxygen atoms in total. The van der Waals surface area contributed by atoms with E-state index in [4.69, 9.17) is 0 Å². The van der Waals surface area contributed by atoms with Crippen LogP contribution in [0.5, 0.6) is 0 Å². The molecule has 164 valence electrons. The van der Waals surface area contributed by atoms with E-state index in [0.29, 0.717) is 11.8 Å². The van der Waals surface area contributed by atoms with Gasteiger partial charge in [0.2, 0.25) is 0 Å². The summed E-state index contributed by atoms with van der Waals surface area (Å²) in [4.78, 5) is 2.75. The number of allylic oxidation sites excluding steroid dienone is 5. The van der Waals surface area contributed by atoms with E-state index in [1.807, 2.05) is 0 Å². The number of piperidine rings is 1. The lowest BCUT2D eigenvalue weighted by Crippen LogP contribution is -2.45. The Morgan fingerprint density at radius 1 is 1.13 bits per heavy atom. The van der Waals surface area contributed by atoms with Crippen LogP contribution in [0.15, 0.2) is 54.6 Å². The summed E-state index contributed by atoms with van der Waals surface area (Å²) >= 11 is 0. The number of likely N-dealkylation sites (tertiary alicyclic amines) is 1. The van der Waals surface area contributed by atoms with Crippen molar-refractivity contribution < 1.29 is 0 Å². The van der Waals surface area contributed by atoms with Crippen LogP contribution in [0.2, 0.25) is 0 Å². The highest BCUT2D eigenvalue weighted by Crippen LogP contribution is 2.40. The van der Waals surface area contributed by atoms with Crippen molar-refractivity contribution in [1.82, 2.24) is 4.90 Å². The van der Waals surface area contributed by atoms with Gasteiger partial charge in [0.15, 0.2) is 0 Å². The van der Waals surface area contributed by atoms with Crippen LogP contribution in [0.4, 0.5) is 0 Å². The average molecular weight is 406 g/mol. The van der Waals surface area contributed by atoms with Gasteiger partial charge in [-0.15, -0.1) is 0 Å². The highest BCUT2D eigenvalue weighted by atomic mass is 15.1. The van der Waals surface area contributed by atoms with Crippen molar-refractivity contribution in [1.29, 1.82) is 0 Å². The summed E-state index contributed by atoms with van der Waals surface area (Å²) in [6.45, 7) is 17.4. The van der Waals surface area contributed by atoms with Crippen molar-refractivity contribution in [3.63, 3.8) is 0 Å². The van der Waals surface area contributed by atoms with Gasteiger partial charge in [0.05, 0.1) is 0 Å². The molecule has 1 aromatic rings. The molecule has 1 heterocycles. The lowest BCUT2D eigenvalue weighted by molar-refractivity contribution is 0.0732. The third kappa shape index (κ3) is 5.97. The molecule has 1 aromatic carbocycles. The van der Waals surface area contributed by atoms with E-state index in [1.165, 1.54) is 68.4 Å². The van der Waals surface area contributed by atoms with E-state index < -0.39 is 0 Å². The predicted octanol–water partition coefficient (Wildman–Crippen LogP) is 7.69. The van der Waals surface area contributed by atoms with Crippen LogP contribution in [0.3, 0.4) is 0 Å². The molecular weight excluding hydrogens is 362 g/mol. The summed E-state index contributed by atoms with van der Waals surface area (Å²) in [7, 11) is 0. The molecule has 4 atom stereocenters. The minimum absolute atomic E-state index is 0.686. The molecule has 30 heavy (non-hydrogen) atoms. The Labute approximate surface area is 186 Å². The Kier molecular flexibility index (Phi) is 8.57. The van der Waals surface area contributed by atoms with Crippen molar-refractivity contribution >= 4 is 5.57 Å². The summed E-state index contributed by atoms with van der Waals surface area (Å²) in [5, 5.41) is 0. The number of hydrogen-bond acceptors (Lipinski definition) is 1. The minimum Gasteiger partial charge on any atom is -0.303 e. The summed E-state index contributed by atoms with van der Waals surface area (Å²) in [6, 6.07) is 8.84. The first-order chi connectivity index (χ1) is 14.5. The van der Waals surface area contributed by atoms with Crippen LogP contribution >= 0.6 is 0 Å². The molecule has 1 aliphatic heterocycles. The lowest BCUT2D eigenvalue weighted by Gasteiger charge is -2.44. The third-order valence-electron chi connectivity index (χ3n) is 7.71. The number of nitrogens with zero attached hydrogens (tertiary/aromatic N) is 1. The van der Waals surface area contributed by atoms with Crippen molar-refractivity contribution in [3.8, 4) is 0 Å². The first-order valence-electron chi connectivity index (χ1n) is 12.3. The van der Waals surface area contributed by atoms with Gasteiger partial charge in [-0.25, -0.2) is 0 Å². The molecule has 2 aliphatic rings. The zero-order valence-corrected chi connectivity index (χ0v) is 19.9. The van der Waals surface area contributed by atoms with E-state index in [2.05, 4.69) is 81.7 Å². The van der Waals surface area contributed by atoms with Crippen LogP contribution in [0.1, 0.15) is 70.4 Å². The molecule has 1 heteroatoms. The lowest BCUT2D eigenvalue weighted by atomic mass is 9.68. The maximum atomic E-state index is 4.36. The summed E-state index contributed by atoms with van der Waals surface area (Å²) < 4.78 is 0. The molecule has 0 spiro atoms. The second-order valence-corrected chi connectivity index (χ2v) is 9.89. The molecule has 1 fully saturated rings. The normalized spacial score (nSPS) is 27.1. The Morgan fingerprint density at radius 3 is 2.63 bits per heavy atom. The van der Waals surface area contributed by atoms with Gasteiger partial charge < -0.3 is 4.90 Å². The largest absolute Gasteiger partial charge is 0.303 e. The minimum atomic E-state index is 0.686. The van der Waals surface area contributed by atoms with Crippen molar-refractivity contribution in [3.05, 3.63) is 65.8 Å². The van der Waals surface area contributed by atoms with Gasteiger partial charge in [-0.3, -0.25) is 0 Å². The van der Waals surface area contributed by atoms with Crippen molar-refractivity contribution in [2.75, 3.05) is 19.6 Å². The molecule has 0 saturated carbocycles. The maximum Gasteiger partial charge on any atom is 0.00182 e. The SMILES string of the molecule is C=C(CCCN1CCC(CCCC)C(C2C=CC=C(C)C2C)C1)c1ccc(C)cc1. The van der Waals surface area contributed by atoms with Crippen LogP contribution in [0.25, 0.3) is 5.57 Å². The smallest absolute Gasteiger partial charge is 0.00182 e. The fourth-order valence-electron chi connectivity index (χ4n) is 5.49. The van der Waals surface area contributed by atoms with Crippen LogP contribution in [0, 0.1) is 30.6 Å². The summed E-state index contributed by atoms with van der Waals surface area (Å²) in [5.41, 5.74) is 5.47. The number of benzene rings is 1. The van der Waals surface area contributed by atoms with Gasteiger partial charge >= 0.3 is 0 Å². The standard InChI is InChI=1S/C29H43N/c1-6-7-12-27-18-20-30(21-29(27)28-13-8-10-23(3)25(28)5)19-9-11-24(4)26-16-14-22(2)15-17-26/h8,10,13-17,25,27-29H,4,6-7,9,11-12,18-21H2,1-3,5H3. The zero-order chi connectivity index (χ0) is 21.5. The predicted molar refractivity (Wildman–Crippen MR) is 133 cm³/mol. The maximum absolute atomic E-state index is 4.36. The number of rotatable bonds is 9. The number of aryl methyl sites for hydroxylation is 1. The fourth-order valence-corrected chi connectivity index (χ4v) is 5.49. The second kappa shape index (κ2) is 11.1. The van der Waals surface area contributed by atoms with Crippen LogP contribution in [-0.4, -0.2) is 24.5 Å². The van der Waals surface area contributed by atoms with E-state index in [1.54, 1.807) is 5.57 Å². The highest BCUT2D eigenvalue weighted by Gasteiger charge is 2.36. The van der Waals surface area contributed by atoms with E-state index >= 15 is 0 Å². The summed E-state index contributed by atoms with van der Waals surface area (Å²) in [5.74, 6) is 3.10. The van der Waals surface area contributed by atoms with E-state index in [0.717, 1.165) is 18.3 Å². The molecule has 0 bridgehead atoms. The van der Waals surface area contributed by atoms with Gasteiger partial charge in [-0.1, -0.05) is 93.3 Å². The zero-order valence-electron chi connectivity index (χ0n) is 19.9. The molecule has 1 aliphatic carbocycles. The van der Waals surface area contributed by atoms with Gasteiger partial charge in [0.1, 0.15) is 0 Å². The van der Waals surface area contributed by atoms with Gasteiger partial charge in [-0.05, 0) is 81.0 Å². The molecular formula is C29H43N. The topological polar surface area (TPSA) is 3.24 Å². The Morgan fingerprint density at radius 2 is 1.90 bits per heavy atom. The number of unbranched alkanes of at least 4 members (excludes halogenated alkanes) is 1. The first kappa shape index (κ1) is 23.1. The number of hydrogen-bond donors (Lipinski definition) is 0. The second-order valence-electron chi connectivity index (χ2n) is 9.89. The molecule has 4 unspecified atom stereocenters. The molecule has 0 radical (unpaired) electrons. The molecule has 0 aromatic heterocycles. The van der Waals surface area contributed by atoms with Crippen LogP contribution < -0.4 is 0 Å². The van der Waals surface area contributed by atoms with E-state index in [9.17, 15) is 0 Å². The Hall–Kier alpha value is -1.60. The third-order valence-corrected chi connectivity index (χ3v) is 7.71. The van der Waals surface area contributed by atoms with Crippen molar-refractivity contribution in [2.45, 2.75) is 66.2 Å². The summed E-state index contributed by atoms with van der Waals surface area (Å²) in [6.07, 6.45) is 15.0. The Balaban J connectivity index is 1.56. The quantitative estimate of drug-likeness (QED) is 0.407. The van der Waals surface area contributed by atoms with Crippen LogP contribution in [-0.2, 0) is 0 Å². The Bertz CT molecular complexity index is 738. The average Bonchev–Trinajstić information content (AvgIpc) is 2.75. The molecule has 3 rings (SSSR count). The van der Waals surface area contributed by atoms with Gasteiger partial charge in [0, 0.05) is 6.54 Å². The highest BCUT2D eigenvalue weighted by molar-refractivity contribution is 5.63. The van der Waals surface area contributed by atoms with E-state index in [-0.39, 0.29) is 0 Å². The molecule has 1 saturated heterocycles. The monoisotopic (exact) mass is 405 g/mol. The van der Waals surface area contributed by atoms with Gasteiger partial charge in [0.25, 0.3) is 0 Å². The molecule has 0 amide bonds. The molecule has 0 N–H and O–H groups in total. The van der Waals surface area contributed by atoms with Gasteiger partial charge in [-0.2, -0.15) is 0 Å².